The Labute approximate surface area is 129 Å². The molecule has 0 bridgehead atoms. The van der Waals surface area contributed by atoms with Crippen molar-refractivity contribution in [2.24, 2.45) is 0 Å². The zero-order valence-electron chi connectivity index (χ0n) is 11.1. The molecule has 2 heterocycles. The van der Waals surface area contributed by atoms with Crippen LogP contribution < -0.4 is 5.32 Å². The highest BCUT2D eigenvalue weighted by molar-refractivity contribution is 7.15. The Morgan fingerprint density at radius 1 is 1.38 bits per heavy atom. The third kappa shape index (κ3) is 2.79. The quantitative estimate of drug-likeness (QED) is 0.738. The second-order valence-corrected chi connectivity index (χ2v) is 5.94. The molecule has 3 nitrogen and oxygen atoms in total. The number of halogens is 3. The summed E-state index contributed by atoms with van der Waals surface area (Å²) in [7, 11) is 1.70. The monoisotopic (exact) mass is 327 g/mol. The van der Waals surface area contributed by atoms with Crippen molar-refractivity contribution in [3.8, 4) is 0 Å². The SMILES string of the molecule is CNC(Cc1cn2ccsc2n1)c1cc(F)c(Cl)cc1F. The third-order valence-electron chi connectivity index (χ3n) is 3.32. The van der Waals surface area contributed by atoms with Crippen LogP contribution >= 0.6 is 22.9 Å². The highest BCUT2D eigenvalue weighted by Gasteiger charge is 2.19. The number of aromatic nitrogens is 2. The maximum Gasteiger partial charge on any atom is 0.193 e. The van der Waals surface area contributed by atoms with E-state index in [9.17, 15) is 8.78 Å². The molecule has 21 heavy (non-hydrogen) atoms. The van der Waals surface area contributed by atoms with Gasteiger partial charge in [0.15, 0.2) is 4.96 Å². The van der Waals surface area contributed by atoms with Crippen LogP contribution in [0.1, 0.15) is 17.3 Å². The molecule has 0 radical (unpaired) electrons. The standard InChI is InChI=1S/C14H12ClF2N3S/c1-18-13(9-5-12(17)10(15)6-11(9)16)4-8-7-20-2-3-21-14(20)19-8/h2-3,5-7,13,18H,4H2,1H3. The van der Waals surface area contributed by atoms with Crippen LogP contribution in [0.15, 0.2) is 29.9 Å². The van der Waals surface area contributed by atoms with Crippen LogP contribution in [0.25, 0.3) is 4.96 Å². The molecule has 0 saturated carbocycles. The van der Waals surface area contributed by atoms with E-state index in [4.69, 9.17) is 11.6 Å². The van der Waals surface area contributed by atoms with Gasteiger partial charge in [0.2, 0.25) is 0 Å². The third-order valence-corrected chi connectivity index (χ3v) is 4.38. The van der Waals surface area contributed by atoms with E-state index in [1.807, 2.05) is 22.2 Å². The van der Waals surface area contributed by atoms with E-state index in [-0.39, 0.29) is 16.6 Å². The van der Waals surface area contributed by atoms with E-state index >= 15 is 0 Å². The van der Waals surface area contributed by atoms with Gasteiger partial charge in [-0.05, 0) is 19.2 Å². The second-order valence-electron chi connectivity index (χ2n) is 4.66. The predicted octanol–water partition coefficient (Wildman–Crippen LogP) is 3.83. The van der Waals surface area contributed by atoms with Crippen molar-refractivity contribution >= 4 is 27.9 Å². The van der Waals surface area contributed by atoms with Crippen LogP contribution in [0.3, 0.4) is 0 Å². The fraction of sp³-hybridized carbons (Fsp3) is 0.214. The van der Waals surface area contributed by atoms with Gasteiger partial charge >= 0.3 is 0 Å². The summed E-state index contributed by atoms with van der Waals surface area (Å²) in [6.45, 7) is 0. The number of hydrogen-bond acceptors (Lipinski definition) is 3. The van der Waals surface area contributed by atoms with Crippen LogP contribution in [-0.2, 0) is 6.42 Å². The molecule has 0 aliphatic rings. The summed E-state index contributed by atoms with van der Waals surface area (Å²) < 4.78 is 29.5. The molecule has 3 aromatic rings. The Hall–Kier alpha value is -1.50. The second kappa shape index (κ2) is 5.71. The Balaban J connectivity index is 1.91. The molecule has 1 N–H and O–H groups in total. The number of hydrogen-bond donors (Lipinski definition) is 1. The van der Waals surface area contributed by atoms with Crippen LogP contribution in [0.5, 0.6) is 0 Å². The highest BCUT2D eigenvalue weighted by atomic mass is 35.5. The van der Waals surface area contributed by atoms with E-state index in [1.165, 1.54) is 11.3 Å². The lowest BCUT2D eigenvalue weighted by Crippen LogP contribution is -2.20. The topological polar surface area (TPSA) is 29.3 Å². The van der Waals surface area contributed by atoms with Gasteiger partial charge in [-0.25, -0.2) is 13.8 Å². The molecule has 0 saturated heterocycles. The van der Waals surface area contributed by atoms with Gasteiger partial charge in [0, 0.05) is 35.8 Å². The van der Waals surface area contributed by atoms with Gasteiger partial charge in [0.05, 0.1) is 10.7 Å². The first kappa shape index (κ1) is 14.4. The van der Waals surface area contributed by atoms with Crippen molar-refractivity contribution in [2.45, 2.75) is 12.5 Å². The Morgan fingerprint density at radius 2 is 2.19 bits per heavy atom. The van der Waals surface area contributed by atoms with E-state index < -0.39 is 11.6 Å². The molecule has 1 unspecified atom stereocenters. The van der Waals surface area contributed by atoms with Crippen molar-refractivity contribution < 1.29 is 8.78 Å². The number of nitrogens with one attached hydrogen (secondary N) is 1. The summed E-state index contributed by atoms with van der Waals surface area (Å²) in [4.78, 5) is 5.33. The summed E-state index contributed by atoms with van der Waals surface area (Å²) in [6.07, 6.45) is 4.26. The maximum absolute atomic E-state index is 14.0. The molecular weight excluding hydrogens is 316 g/mol. The Kier molecular flexibility index (Phi) is 3.93. The minimum atomic E-state index is -0.626. The molecule has 0 spiro atoms. The summed E-state index contributed by atoms with van der Waals surface area (Å²) >= 11 is 7.11. The molecule has 1 atom stereocenters. The van der Waals surface area contributed by atoms with Crippen LogP contribution in [0, 0.1) is 11.6 Å². The van der Waals surface area contributed by atoms with Crippen molar-refractivity contribution in [1.29, 1.82) is 0 Å². The minimum Gasteiger partial charge on any atom is -0.313 e. The molecule has 0 fully saturated rings. The fourth-order valence-electron chi connectivity index (χ4n) is 2.26. The van der Waals surface area contributed by atoms with Crippen molar-refractivity contribution in [1.82, 2.24) is 14.7 Å². The maximum atomic E-state index is 14.0. The zero-order valence-corrected chi connectivity index (χ0v) is 12.7. The Bertz CT molecular complexity index is 755. The molecular formula is C14H12ClF2N3S. The first-order chi connectivity index (χ1) is 10.1. The number of fused-ring (bicyclic) bond motifs is 1. The lowest BCUT2D eigenvalue weighted by Gasteiger charge is -2.16. The summed E-state index contributed by atoms with van der Waals surface area (Å²) in [5.41, 5.74) is 1.06. The summed E-state index contributed by atoms with van der Waals surface area (Å²) in [5.74, 6) is -1.15. The molecule has 110 valence electrons. The highest BCUT2D eigenvalue weighted by Crippen LogP contribution is 2.26. The first-order valence-electron chi connectivity index (χ1n) is 6.31. The number of imidazole rings is 1. The average Bonchev–Trinajstić information content (AvgIpc) is 3.01. The Morgan fingerprint density at radius 3 is 2.90 bits per heavy atom. The summed E-state index contributed by atoms with van der Waals surface area (Å²) in [5, 5.41) is 4.72. The lowest BCUT2D eigenvalue weighted by atomic mass is 10.0. The average molecular weight is 328 g/mol. The normalized spacial score (nSPS) is 13.0. The number of nitrogens with zero attached hydrogens (tertiary/aromatic N) is 2. The molecule has 0 aliphatic heterocycles. The van der Waals surface area contributed by atoms with Gasteiger partial charge in [-0.3, -0.25) is 4.40 Å². The predicted molar refractivity (Wildman–Crippen MR) is 79.9 cm³/mol. The van der Waals surface area contributed by atoms with Gasteiger partial charge in [0.1, 0.15) is 11.6 Å². The first-order valence-corrected chi connectivity index (χ1v) is 7.57. The van der Waals surface area contributed by atoms with E-state index in [1.54, 1.807) is 7.05 Å². The number of thiazole rings is 1. The van der Waals surface area contributed by atoms with Crippen molar-refractivity contribution in [3.05, 3.63) is 57.8 Å². The van der Waals surface area contributed by atoms with Crippen LogP contribution in [0.4, 0.5) is 8.78 Å². The van der Waals surface area contributed by atoms with E-state index in [0.717, 1.165) is 22.8 Å². The van der Waals surface area contributed by atoms with Gasteiger partial charge in [0.25, 0.3) is 0 Å². The number of rotatable bonds is 4. The molecule has 0 aliphatic carbocycles. The molecule has 2 aromatic heterocycles. The van der Waals surface area contributed by atoms with Crippen molar-refractivity contribution in [3.63, 3.8) is 0 Å². The number of likely N-dealkylation sites (N-methyl/N-ethyl adjacent to an activating group) is 1. The molecule has 7 heteroatoms. The van der Waals surface area contributed by atoms with Crippen LogP contribution in [0.2, 0.25) is 5.02 Å². The van der Waals surface area contributed by atoms with Gasteiger partial charge in [-0.2, -0.15) is 0 Å². The molecule has 1 aromatic carbocycles. The van der Waals surface area contributed by atoms with Crippen LogP contribution in [-0.4, -0.2) is 16.4 Å². The van der Waals surface area contributed by atoms with E-state index in [0.29, 0.717) is 6.42 Å². The minimum absolute atomic E-state index is 0.214. The van der Waals surface area contributed by atoms with Gasteiger partial charge < -0.3 is 5.32 Å². The van der Waals surface area contributed by atoms with Crippen molar-refractivity contribution in [2.75, 3.05) is 7.05 Å². The largest absolute Gasteiger partial charge is 0.313 e. The fourth-order valence-corrected chi connectivity index (χ4v) is 3.13. The number of benzene rings is 1. The van der Waals surface area contributed by atoms with Gasteiger partial charge in [-0.15, -0.1) is 11.3 Å². The lowest BCUT2D eigenvalue weighted by molar-refractivity contribution is 0.520. The molecule has 0 amide bonds. The summed E-state index contributed by atoms with van der Waals surface area (Å²) in [6, 6.07) is 1.76. The molecule has 3 rings (SSSR count). The smallest absolute Gasteiger partial charge is 0.193 e. The van der Waals surface area contributed by atoms with Gasteiger partial charge in [-0.1, -0.05) is 11.6 Å². The van der Waals surface area contributed by atoms with E-state index in [2.05, 4.69) is 10.3 Å². The zero-order chi connectivity index (χ0) is 15.0.